The van der Waals surface area contributed by atoms with Crippen molar-refractivity contribution in [1.82, 2.24) is 0 Å². The van der Waals surface area contributed by atoms with Gasteiger partial charge in [-0.15, -0.1) is 0 Å². The summed E-state index contributed by atoms with van der Waals surface area (Å²) in [5.74, 6) is 0. The van der Waals surface area contributed by atoms with E-state index in [1.165, 1.54) is 0 Å². The van der Waals surface area contributed by atoms with Gasteiger partial charge in [-0.05, 0) is 31.0 Å². The van der Waals surface area contributed by atoms with E-state index in [1.54, 1.807) is 25.5 Å². The molecule has 0 aliphatic rings. The third kappa shape index (κ3) is 4.03. The molecule has 15 heavy (non-hydrogen) atoms. The molecule has 1 N–H and O–H groups in total. The summed E-state index contributed by atoms with van der Waals surface area (Å²) in [6, 6.07) is 7.24. The van der Waals surface area contributed by atoms with Gasteiger partial charge in [-0.3, -0.25) is 0 Å². The second kappa shape index (κ2) is 5.21. The Morgan fingerprint density at radius 2 is 1.87 bits per heavy atom. The molecule has 0 aliphatic heterocycles. The van der Waals surface area contributed by atoms with Gasteiger partial charge in [0, 0.05) is 14.9 Å². The molecule has 0 fully saturated rings. The van der Waals surface area contributed by atoms with E-state index >= 15 is 0 Å². The topological polar surface area (TPSA) is 48.1 Å². The fourth-order valence-corrected chi connectivity index (χ4v) is 4.45. The quantitative estimate of drug-likeness (QED) is 0.850. The Hall–Kier alpha value is -0.230. The number of nitrogens with one attached hydrogen (secondary N) is 1. The molecule has 1 unspecified atom stereocenters. The Bertz CT molecular complexity index is 388. The minimum Gasteiger partial charge on any atom is -0.313 e. The lowest BCUT2D eigenvalue weighted by Gasteiger charge is -2.07. The molecule has 1 rings (SSSR count). The van der Waals surface area contributed by atoms with E-state index in [-0.39, 0.29) is 0 Å². The summed E-state index contributed by atoms with van der Waals surface area (Å²) >= 11 is 5.75. The summed E-state index contributed by atoms with van der Waals surface area (Å²) in [4.78, 5) is 12.7. The monoisotopic (exact) mass is 264 g/mol. The number of halogens is 1. The van der Waals surface area contributed by atoms with Crippen LogP contribution < -0.4 is 4.95 Å². The molecule has 0 saturated carbocycles. The molecule has 6 heteroatoms. The maximum atomic E-state index is 11.8. The van der Waals surface area contributed by atoms with E-state index in [0.29, 0.717) is 11.2 Å². The molecular weight excluding hydrogens is 252 g/mol. The van der Waals surface area contributed by atoms with Crippen LogP contribution in [-0.2, 0) is 10.7 Å². The van der Waals surface area contributed by atoms with E-state index in [9.17, 15) is 9.47 Å². The van der Waals surface area contributed by atoms with Crippen molar-refractivity contribution in [3.05, 3.63) is 39.8 Å². The van der Waals surface area contributed by atoms with Crippen molar-refractivity contribution in [3.63, 3.8) is 0 Å². The zero-order chi connectivity index (χ0) is 11.5. The van der Waals surface area contributed by atoms with Gasteiger partial charge in [0.2, 0.25) is 0 Å². The zero-order valence-corrected chi connectivity index (χ0v) is 11.2. The molecule has 0 radical (unpaired) electrons. The summed E-state index contributed by atoms with van der Waals surface area (Å²) in [7, 11) is -1.18. The van der Waals surface area contributed by atoms with Crippen LogP contribution in [-0.4, -0.2) is 13.3 Å². The summed E-state index contributed by atoms with van der Waals surface area (Å²) in [5.41, 5.74) is 0.984. The van der Waals surface area contributed by atoms with E-state index in [2.05, 4.69) is 0 Å². The van der Waals surface area contributed by atoms with E-state index < -0.39 is 14.6 Å². The van der Waals surface area contributed by atoms with Crippen molar-refractivity contribution < 1.29 is 9.51 Å². The Morgan fingerprint density at radius 1 is 1.33 bits per heavy atom. The molecule has 0 heterocycles. The van der Waals surface area contributed by atoms with Crippen molar-refractivity contribution in [2.45, 2.75) is 6.16 Å². The predicted octanol–water partition coefficient (Wildman–Crippen LogP) is 2.62. The van der Waals surface area contributed by atoms with Crippen molar-refractivity contribution >= 4 is 26.2 Å². The first kappa shape index (κ1) is 12.8. The number of hydrogen-bond donors (Lipinski definition) is 1. The minimum absolute atomic E-state index is 0.528. The van der Waals surface area contributed by atoms with Gasteiger partial charge in [0.25, 0.3) is 7.76 Å². The third-order valence-corrected chi connectivity index (χ3v) is 8.38. The number of benzene rings is 1. The van der Waals surface area contributed by atoms with Gasteiger partial charge < -0.3 is 4.57 Å². The molecule has 0 aromatic heterocycles. The van der Waals surface area contributed by atoms with Crippen LogP contribution in [0.25, 0.3) is 0 Å². The lowest BCUT2D eigenvalue weighted by atomic mass is 10.2. The first-order valence-corrected chi connectivity index (χ1v) is 9.60. The average Bonchev–Trinajstić information content (AvgIpc) is 2.15. The second-order valence-corrected chi connectivity index (χ2v) is 12.2. The van der Waals surface area contributed by atoms with E-state index in [4.69, 9.17) is 11.6 Å². The van der Waals surface area contributed by atoms with Gasteiger partial charge in [0.15, 0.2) is 6.83 Å². The highest BCUT2D eigenvalue weighted by Gasteiger charge is 2.31. The van der Waals surface area contributed by atoms with Crippen LogP contribution in [0.2, 0.25) is 5.02 Å². The SMILES string of the molecule is CP(C)(=O)P(Cc1ccc(Cl)cc1)[NH+]=O. The smallest absolute Gasteiger partial charge is 0.294 e. The lowest BCUT2D eigenvalue weighted by Crippen LogP contribution is -2.55. The van der Waals surface area contributed by atoms with Crippen LogP contribution in [0.1, 0.15) is 5.56 Å². The molecule has 1 aromatic carbocycles. The van der Waals surface area contributed by atoms with Gasteiger partial charge in [-0.2, -0.15) is 0 Å². The molecule has 3 nitrogen and oxygen atoms in total. The Kier molecular flexibility index (Phi) is 4.45. The number of hydrogen-bond acceptors (Lipinski definition) is 2. The molecule has 1 atom stereocenters. The standard InChI is InChI=1S/C9H12ClNO2P2/c1-15(2,13)14(11-12)7-8-3-5-9(10)6-4-8/h3-6H,7H2,1-2H3/p+1. The van der Waals surface area contributed by atoms with Gasteiger partial charge in [0.1, 0.15) is 0 Å². The lowest BCUT2D eigenvalue weighted by molar-refractivity contribution is -0.287. The number of rotatable bonds is 4. The summed E-state index contributed by atoms with van der Waals surface area (Å²) in [6.07, 6.45) is 0.528. The van der Waals surface area contributed by atoms with Crippen LogP contribution in [0, 0.1) is 4.91 Å². The predicted molar refractivity (Wildman–Crippen MR) is 65.9 cm³/mol. The maximum absolute atomic E-state index is 11.8. The highest BCUT2D eigenvalue weighted by molar-refractivity contribution is 8.29. The number of nitroso groups, excluding NO2 is 1. The summed E-state index contributed by atoms with van der Waals surface area (Å²) in [5, 5.41) is 0.661. The second-order valence-electron chi connectivity index (χ2n) is 3.57. The van der Waals surface area contributed by atoms with Crippen LogP contribution >= 0.6 is 26.2 Å². The van der Waals surface area contributed by atoms with Crippen LogP contribution in [0.3, 0.4) is 0 Å². The minimum atomic E-state index is -2.34. The molecule has 0 bridgehead atoms. The first-order chi connectivity index (χ1) is 6.93. The molecule has 1 aromatic rings. The average molecular weight is 265 g/mol. The summed E-state index contributed by atoms with van der Waals surface area (Å²) in [6.45, 7) is 0.932. The fraction of sp³-hybridized carbons (Fsp3) is 0.333. The highest BCUT2D eigenvalue weighted by Crippen LogP contribution is 2.65. The molecule has 0 spiro atoms. The Labute approximate surface area is 95.3 Å². The highest BCUT2D eigenvalue weighted by atomic mass is 35.5. The Balaban J connectivity index is 2.80. The van der Waals surface area contributed by atoms with Gasteiger partial charge in [-0.25, -0.2) is 0 Å². The van der Waals surface area contributed by atoms with E-state index in [0.717, 1.165) is 5.56 Å². The molecule has 0 saturated heterocycles. The van der Waals surface area contributed by atoms with Gasteiger partial charge in [0.05, 0.1) is 6.16 Å². The van der Waals surface area contributed by atoms with Crippen molar-refractivity contribution in [3.8, 4) is 0 Å². The van der Waals surface area contributed by atoms with Crippen LogP contribution in [0.15, 0.2) is 24.3 Å². The van der Waals surface area contributed by atoms with Crippen molar-refractivity contribution in [2.24, 2.45) is 0 Å². The molecular formula is C9H13ClNO2P2+. The molecule has 0 aliphatic carbocycles. The fourth-order valence-electron chi connectivity index (χ4n) is 1.06. The van der Waals surface area contributed by atoms with Crippen LogP contribution in [0.4, 0.5) is 0 Å². The first-order valence-electron chi connectivity index (χ1n) is 4.38. The summed E-state index contributed by atoms with van der Waals surface area (Å²) < 4.78 is 11.8. The van der Waals surface area contributed by atoms with Crippen molar-refractivity contribution in [2.75, 3.05) is 13.3 Å². The third-order valence-electron chi connectivity index (χ3n) is 1.93. The Morgan fingerprint density at radius 3 is 2.27 bits per heavy atom. The maximum Gasteiger partial charge on any atom is 0.294 e. The van der Waals surface area contributed by atoms with Crippen molar-refractivity contribution in [1.29, 1.82) is 0 Å². The molecule has 82 valence electrons. The zero-order valence-electron chi connectivity index (χ0n) is 8.61. The van der Waals surface area contributed by atoms with E-state index in [1.807, 2.05) is 17.1 Å². The van der Waals surface area contributed by atoms with Crippen LogP contribution in [0.5, 0.6) is 0 Å². The normalized spacial score (nSPS) is 13.5. The van der Waals surface area contributed by atoms with Gasteiger partial charge in [-0.1, -0.05) is 23.7 Å². The largest absolute Gasteiger partial charge is 0.313 e. The molecule has 0 amide bonds. The van der Waals surface area contributed by atoms with Gasteiger partial charge >= 0.3 is 0 Å².